The maximum atomic E-state index is 11.1. The van der Waals surface area contributed by atoms with Gasteiger partial charge in [-0.05, 0) is 43.0 Å². The molecule has 1 heterocycles. The predicted molar refractivity (Wildman–Crippen MR) is 91.3 cm³/mol. The Hall–Kier alpha value is -0.690. The Morgan fingerprint density at radius 1 is 1.24 bits per heavy atom. The molecular formula is C15H19Br2N3O. The van der Waals surface area contributed by atoms with Gasteiger partial charge in [0.2, 0.25) is 0 Å². The molecule has 2 rings (SSSR count). The molecule has 1 unspecified atom stereocenters. The maximum absolute atomic E-state index is 11.1. The van der Waals surface area contributed by atoms with Gasteiger partial charge in [-0.3, -0.25) is 4.68 Å². The number of aliphatic hydroxyl groups is 1. The highest BCUT2D eigenvalue weighted by Crippen LogP contribution is 2.37. The van der Waals surface area contributed by atoms with Crippen LogP contribution < -0.4 is 0 Å². The number of aromatic nitrogens is 2. The van der Waals surface area contributed by atoms with Gasteiger partial charge in [-0.1, -0.05) is 34.1 Å². The zero-order chi connectivity index (χ0) is 15.6. The number of hydrogen-bond acceptors (Lipinski definition) is 3. The van der Waals surface area contributed by atoms with E-state index in [0.717, 1.165) is 26.7 Å². The molecule has 1 atom stereocenters. The fraction of sp³-hybridized carbons (Fsp3) is 0.400. The average molecular weight is 417 g/mol. The van der Waals surface area contributed by atoms with Gasteiger partial charge >= 0.3 is 0 Å². The molecule has 114 valence electrons. The molecular weight excluding hydrogens is 398 g/mol. The molecule has 0 aliphatic heterocycles. The monoisotopic (exact) mass is 415 g/mol. The van der Waals surface area contributed by atoms with Crippen LogP contribution in [0.4, 0.5) is 0 Å². The van der Waals surface area contributed by atoms with Crippen LogP contribution in [0.2, 0.25) is 0 Å². The molecule has 0 saturated heterocycles. The van der Waals surface area contributed by atoms with Gasteiger partial charge in [-0.2, -0.15) is 5.10 Å². The first-order chi connectivity index (χ1) is 9.84. The summed E-state index contributed by atoms with van der Waals surface area (Å²) in [7, 11) is 4.04. The minimum atomic E-state index is -1.14. The van der Waals surface area contributed by atoms with E-state index in [2.05, 4.69) is 41.9 Å². The molecule has 0 aliphatic carbocycles. The average Bonchev–Trinajstić information content (AvgIpc) is 2.78. The molecule has 2 aromatic rings. The Morgan fingerprint density at radius 2 is 1.90 bits per heavy atom. The zero-order valence-corrected chi connectivity index (χ0v) is 15.5. The first-order valence-corrected chi connectivity index (χ1v) is 8.26. The van der Waals surface area contributed by atoms with Crippen molar-refractivity contribution in [2.75, 3.05) is 20.6 Å². The Kier molecular flexibility index (Phi) is 5.24. The van der Waals surface area contributed by atoms with Crippen LogP contribution in [0.25, 0.3) is 0 Å². The number of hydrogen-bond donors (Lipinski definition) is 1. The molecule has 0 aliphatic rings. The first-order valence-electron chi connectivity index (χ1n) is 6.68. The minimum absolute atomic E-state index is 0.717. The van der Waals surface area contributed by atoms with E-state index in [1.54, 1.807) is 13.1 Å². The molecule has 0 saturated carbocycles. The molecule has 0 spiro atoms. The Balaban J connectivity index is 2.45. The van der Waals surface area contributed by atoms with Crippen molar-refractivity contribution >= 4 is 31.9 Å². The second-order valence-corrected chi connectivity index (χ2v) is 7.13. The molecule has 1 aromatic carbocycles. The smallest absolute Gasteiger partial charge is 0.131 e. The topological polar surface area (TPSA) is 41.3 Å². The lowest BCUT2D eigenvalue weighted by atomic mass is 9.92. The van der Waals surface area contributed by atoms with E-state index in [1.165, 1.54) is 0 Å². The first kappa shape index (κ1) is 16.7. The fourth-order valence-electron chi connectivity index (χ4n) is 2.29. The van der Waals surface area contributed by atoms with Crippen molar-refractivity contribution in [3.63, 3.8) is 0 Å². The lowest BCUT2D eigenvalue weighted by molar-refractivity contribution is 0.0893. The summed E-state index contributed by atoms with van der Waals surface area (Å²) >= 11 is 7.03. The van der Waals surface area contributed by atoms with E-state index in [-0.39, 0.29) is 0 Å². The molecule has 21 heavy (non-hydrogen) atoms. The Bertz CT molecular complexity index is 623. The standard InChI is InChI=1S/C15H19Br2N3O/c1-15(21,11-6-4-5-7-12(11)16)14-13(17)10-18-20(14)9-8-19(2)3/h4-7,10,21H,8-9H2,1-3H3. The molecule has 4 nitrogen and oxygen atoms in total. The van der Waals surface area contributed by atoms with Gasteiger partial charge < -0.3 is 10.0 Å². The second-order valence-electron chi connectivity index (χ2n) is 5.42. The quantitative estimate of drug-likeness (QED) is 0.813. The third-order valence-corrected chi connectivity index (χ3v) is 4.69. The summed E-state index contributed by atoms with van der Waals surface area (Å²) in [4.78, 5) is 2.09. The van der Waals surface area contributed by atoms with Crippen molar-refractivity contribution in [2.45, 2.75) is 19.1 Å². The molecule has 1 aromatic heterocycles. The van der Waals surface area contributed by atoms with Crippen molar-refractivity contribution in [3.8, 4) is 0 Å². The highest BCUT2D eigenvalue weighted by atomic mass is 79.9. The van der Waals surface area contributed by atoms with Gasteiger partial charge in [0.25, 0.3) is 0 Å². The van der Waals surface area contributed by atoms with Gasteiger partial charge in [0.05, 0.1) is 22.9 Å². The molecule has 0 radical (unpaired) electrons. The predicted octanol–water partition coefficient (Wildman–Crippen LogP) is 3.23. The van der Waals surface area contributed by atoms with Gasteiger partial charge in [-0.25, -0.2) is 0 Å². The lowest BCUT2D eigenvalue weighted by Gasteiger charge is -2.27. The van der Waals surface area contributed by atoms with E-state index in [4.69, 9.17) is 0 Å². The highest BCUT2D eigenvalue weighted by molar-refractivity contribution is 9.10. The second kappa shape index (κ2) is 6.60. The van der Waals surface area contributed by atoms with Crippen LogP contribution in [0.15, 0.2) is 39.4 Å². The van der Waals surface area contributed by atoms with Crippen LogP contribution in [0, 0.1) is 0 Å². The lowest BCUT2D eigenvalue weighted by Crippen LogP contribution is -2.30. The van der Waals surface area contributed by atoms with Crippen LogP contribution in [-0.4, -0.2) is 40.4 Å². The van der Waals surface area contributed by atoms with E-state index < -0.39 is 5.60 Å². The van der Waals surface area contributed by atoms with Gasteiger partial charge in [0, 0.05) is 16.6 Å². The number of rotatable bonds is 5. The molecule has 0 bridgehead atoms. The summed E-state index contributed by atoms with van der Waals surface area (Å²) in [6, 6.07) is 7.70. The summed E-state index contributed by atoms with van der Waals surface area (Å²) in [5, 5.41) is 15.5. The summed E-state index contributed by atoms with van der Waals surface area (Å²) in [5.41, 5.74) is 0.440. The third-order valence-electron chi connectivity index (χ3n) is 3.41. The van der Waals surface area contributed by atoms with Crippen molar-refractivity contribution in [1.82, 2.24) is 14.7 Å². The van der Waals surface area contributed by atoms with Crippen molar-refractivity contribution in [3.05, 3.63) is 50.7 Å². The van der Waals surface area contributed by atoms with Crippen LogP contribution in [-0.2, 0) is 12.1 Å². The Labute approximate surface area is 142 Å². The zero-order valence-electron chi connectivity index (χ0n) is 12.3. The summed E-state index contributed by atoms with van der Waals surface area (Å²) in [6.45, 7) is 3.36. The maximum Gasteiger partial charge on any atom is 0.131 e. The van der Waals surface area contributed by atoms with Crippen LogP contribution in [0.5, 0.6) is 0 Å². The van der Waals surface area contributed by atoms with Crippen LogP contribution >= 0.6 is 31.9 Å². The molecule has 0 amide bonds. The van der Waals surface area contributed by atoms with Crippen LogP contribution in [0.1, 0.15) is 18.2 Å². The number of nitrogens with zero attached hydrogens (tertiary/aromatic N) is 3. The number of halogens is 2. The highest BCUT2D eigenvalue weighted by Gasteiger charge is 2.33. The number of benzene rings is 1. The van der Waals surface area contributed by atoms with Crippen molar-refractivity contribution in [1.29, 1.82) is 0 Å². The number of likely N-dealkylation sites (N-methyl/N-ethyl adjacent to an activating group) is 1. The normalized spacial score (nSPS) is 14.4. The van der Waals surface area contributed by atoms with Crippen LogP contribution in [0.3, 0.4) is 0 Å². The van der Waals surface area contributed by atoms with Gasteiger partial charge in [0.15, 0.2) is 0 Å². The molecule has 0 fully saturated rings. The Morgan fingerprint density at radius 3 is 2.52 bits per heavy atom. The fourth-order valence-corrected chi connectivity index (χ4v) is 3.65. The minimum Gasteiger partial charge on any atom is -0.379 e. The van der Waals surface area contributed by atoms with Gasteiger partial charge in [0.1, 0.15) is 5.60 Å². The molecule has 6 heteroatoms. The summed E-state index contributed by atoms with van der Waals surface area (Å²) in [5.74, 6) is 0. The van der Waals surface area contributed by atoms with E-state index in [9.17, 15) is 5.11 Å². The van der Waals surface area contributed by atoms with Crippen molar-refractivity contribution in [2.24, 2.45) is 0 Å². The largest absolute Gasteiger partial charge is 0.379 e. The van der Waals surface area contributed by atoms with E-state index in [0.29, 0.717) is 6.54 Å². The van der Waals surface area contributed by atoms with E-state index in [1.807, 2.05) is 43.0 Å². The van der Waals surface area contributed by atoms with Gasteiger partial charge in [-0.15, -0.1) is 0 Å². The van der Waals surface area contributed by atoms with Crippen molar-refractivity contribution < 1.29 is 5.11 Å². The SMILES string of the molecule is CN(C)CCn1ncc(Br)c1C(C)(O)c1ccccc1Br. The van der Waals surface area contributed by atoms with E-state index >= 15 is 0 Å². The summed E-state index contributed by atoms with van der Waals surface area (Å²) < 4.78 is 3.54. The third kappa shape index (κ3) is 3.56. The summed E-state index contributed by atoms with van der Waals surface area (Å²) in [6.07, 6.45) is 1.73. The molecule has 1 N–H and O–H groups in total.